The van der Waals surface area contributed by atoms with Crippen LogP contribution in [0.2, 0.25) is 0 Å². The largest absolute Gasteiger partial charge is 0.0999 e. The van der Waals surface area contributed by atoms with Gasteiger partial charge in [0.25, 0.3) is 0 Å². The lowest BCUT2D eigenvalue weighted by Gasteiger charge is -2.19. The summed E-state index contributed by atoms with van der Waals surface area (Å²) in [4.78, 5) is 0. The third-order valence-corrected chi connectivity index (χ3v) is 6.25. The second-order valence-corrected chi connectivity index (χ2v) is 10.4. The average molecular weight is 393 g/mol. The topological polar surface area (TPSA) is 0 Å². The SMILES string of the molecule is C=C(CCCCCCCC)CC(CCCCCC(C)C)CCCCCC(C)C. The Morgan fingerprint density at radius 2 is 1.00 bits per heavy atom. The van der Waals surface area contributed by atoms with Crippen molar-refractivity contribution in [1.82, 2.24) is 0 Å². The van der Waals surface area contributed by atoms with E-state index < -0.39 is 0 Å². The molecule has 0 aliphatic heterocycles. The van der Waals surface area contributed by atoms with Crippen molar-refractivity contribution in [1.29, 1.82) is 0 Å². The maximum Gasteiger partial charge on any atom is -0.0294 e. The first-order valence-corrected chi connectivity index (χ1v) is 13.1. The number of hydrogen-bond donors (Lipinski definition) is 0. The Hall–Kier alpha value is -0.260. The summed E-state index contributed by atoms with van der Waals surface area (Å²) >= 11 is 0. The molecule has 0 aromatic rings. The van der Waals surface area contributed by atoms with Crippen molar-refractivity contribution in [3.8, 4) is 0 Å². The highest BCUT2D eigenvalue weighted by molar-refractivity contribution is 4.95. The molecule has 0 saturated carbocycles. The molecule has 0 heterocycles. The van der Waals surface area contributed by atoms with Crippen molar-refractivity contribution in [3.05, 3.63) is 12.2 Å². The van der Waals surface area contributed by atoms with Crippen LogP contribution in [0.3, 0.4) is 0 Å². The number of rotatable bonds is 21. The highest BCUT2D eigenvalue weighted by Gasteiger charge is 2.11. The standard InChI is InChI=1S/C28H56/c1-7-8-9-10-11-16-21-27(6)24-28(22-17-12-14-19-25(2)3)23-18-13-15-20-26(4)5/h25-26,28H,6-24H2,1-5H3. The molecule has 0 radical (unpaired) electrons. The predicted molar refractivity (Wildman–Crippen MR) is 131 cm³/mol. The van der Waals surface area contributed by atoms with Gasteiger partial charge in [-0.25, -0.2) is 0 Å². The minimum atomic E-state index is 0.869. The first-order chi connectivity index (χ1) is 13.5. The van der Waals surface area contributed by atoms with Gasteiger partial charge in [-0.15, -0.1) is 0 Å². The second-order valence-electron chi connectivity index (χ2n) is 10.4. The molecule has 0 amide bonds. The summed E-state index contributed by atoms with van der Waals surface area (Å²) < 4.78 is 0. The van der Waals surface area contributed by atoms with Crippen molar-refractivity contribution < 1.29 is 0 Å². The van der Waals surface area contributed by atoms with Gasteiger partial charge in [0.1, 0.15) is 0 Å². The molecule has 0 N–H and O–H groups in total. The summed E-state index contributed by atoms with van der Waals surface area (Å²) in [6.07, 6.45) is 25.3. The third-order valence-electron chi connectivity index (χ3n) is 6.25. The molecule has 0 aliphatic carbocycles. The lowest BCUT2D eigenvalue weighted by Crippen LogP contribution is -2.03. The molecular weight excluding hydrogens is 336 g/mol. The molecule has 0 heteroatoms. The normalized spacial score (nSPS) is 11.9. The van der Waals surface area contributed by atoms with Gasteiger partial charge in [-0.2, -0.15) is 0 Å². The van der Waals surface area contributed by atoms with Crippen LogP contribution in [0, 0.1) is 17.8 Å². The van der Waals surface area contributed by atoms with E-state index in [4.69, 9.17) is 0 Å². The highest BCUT2D eigenvalue weighted by Crippen LogP contribution is 2.27. The van der Waals surface area contributed by atoms with Crippen LogP contribution in [0.25, 0.3) is 0 Å². The number of hydrogen-bond acceptors (Lipinski definition) is 0. The molecule has 28 heavy (non-hydrogen) atoms. The van der Waals surface area contributed by atoms with E-state index in [-0.39, 0.29) is 0 Å². The van der Waals surface area contributed by atoms with Crippen LogP contribution in [0.4, 0.5) is 0 Å². The van der Waals surface area contributed by atoms with E-state index >= 15 is 0 Å². The van der Waals surface area contributed by atoms with Gasteiger partial charge in [0.05, 0.1) is 0 Å². The first-order valence-electron chi connectivity index (χ1n) is 13.1. The fourth-order valence-corrected chi connectivity index (χ4v) is 4.34. The third kappa shape index (κ3) is 20.5. The van der Waals surface area contributed by atoms with Crippen LogP contribution < -0.4 is 0 Å². The monoisotopic (exact) mass is 392 g/mol. The molecule has 0 aromatic carbocycles. The average Bonchev–Trinajstić information content (AvgIpc) is 2.63. The van der Waals surface area contributed by atoms with Gasteiger partial charge in [-0.05, 0) is 37.0 Å². The van der Waals surface area contributed by atoms with Gasteiger partial charge in [-0.3, -0.25) is 0 Å². The zero-order valence-corrected chi connectivity index (χ0v) is 20.7. The van der Waals surface area contributed by atoms with E-state index in [0.29, 0.717) is 0 Å². The van der Waals surface area contributed by atoms with Crippen LogP contribution >= 0.6 is 0 Å². The molecule has 0 atom stereocenters. The molecule has 0 bridgehead atoms. The zero-order chi connectivity index (χ0) is 21.0. The van der Waals surface area contributed by atoms with E-state index in [0.717, 1.165) is 17.8 Å². The Morgan fingerprint density at radius 3 is 1.50 bits per heavy atom. The van der Waals surface area contributed by atoms with Crippen LogP contribution in [0.15, 0.2) is 12.2 Å². The molecule has 0 rings (SSSR count). The number of allylic oxidation sites excluding steroid dienone is 1. The highest BCUT2D eigenvalue weighted by atomic mass is 14.2. The Labute approximate surface area is 180 Å². The van der Waals surface area contributed by atoms with Crippen molar-refractivity contribution in [3.63, 3.8) is 0 Å². The van der Waals surface area contributed by atoms with Crippen molar-refractivity contribution in [2.24, 2.45) is 17.8 Å². The lowest BCUT2D eigenvalue weighted by molar-refractivity contribution is 0.389. The summed E-state index contributed by atoms with van der Waals surface area (Å²) in [7, 11) is 0. The fourth-order valence-electron chi connectivity index (χ4n) is 4.34. The minimum absolute atomic E-state index is 0.869. The van der Waals surface area contributed by atoms with Crippen LogP contribution in [-0.4, -0.2) is 0 Å². The quantitative estimate of drug-likeness (QED) is 0.134. The summed E-state index contributed by atoms with van der Waals surface area (Å²) in [5.74, 6) is 2.65. The van der Waals surface area contributed by atoms with E-state index in [9.17, 15) is 0 Å². The first kappa shape index (κ1) is 27.7. The summed E-state index contributed by atoms with van der Waals surface area (Å²) in [5.41, 5.74) is 1.55. The van der Waals surface area contributed by atoms with Crippen LogP contribution in [0.5, 0.6) is 0 Å². The fraction of sp³-hybridized carbons (Fsp3) is 0.929. The van der Waals surface area contributed by atoms with Gasteiger partial charge < -0.3 is 0 Å². The molecule has 0 aromatic heterocycles. The van der Waals surface area contributed by atoms with E-state index in [1.54, 1.807) is 5.57 Å². The predicted octanol–water partition coefficient (Wildman–Crippen LogP) is 10.5. The van der Waals surface area contributed by atoms with Gasteiger partial charge in [0, 0.05) is 0 Å². The van der Waals surface area contributed by atoms with Crippen molar-refractivity contribution >= 4 is 0 Å². The van der Waals surface area contributed by atoms with Gasteiger partial charge in [0.2, 0.25) is 0 Å². The maximum absolute atomic E-state index is 4.46. The van der Waals surface area contributed by atoms with E-state index in [1.807, 2.05) is 0 Å². The molecular formula is C28H56. The van der Waals surface area contributed by atoms with Crippen molar-refractivity contribution in [2.45, 2.75) is 150 Å². The van der Waals surface area contributed by atoms with E-state index in [1.165, 1.54) is 116 Å². The Balaban J connectivity index is 4.06. The summed E-state index contributed by atoms with van der Waals surface area (Å²) in [6, 6.07) is 0. The molecule has 0 saturated heterocycles. The maximum atomic E-state index is 4.46. The van der Waals surface area contributed by atoms with Crippen molar-refractivity contribution in [2.75, 3.05) is 0 Å². The number of unbranched alkanes of at least 4 members (excludes halogenated alkanes) is 9. The van der Waals surface area contributed by atoms with E-state index in [2.05, 4.69) is 41.2 Å². The summed E-state index contributed by atoms with van der Waals surface area (Å²) in [5, 5.41) is 0. The molecule has 0 fully saturated rings. The molecule has 0 aliphatic rings. The molecule has 0 spiro atoms. The Bertz CT molecular complexity index is 307. The van der Waals surface area contributed by atoms with Crippen LogP contribution in [0.1, 0.15) is 150 Å². The molecule has 0 unspecified atom stereocenters. The Morgan fingerprint density at radius 1 is 0.571 bits per heavy atom. The van der Waals surface area contributed by atoms with Gasteiger partial charge >= 0.3 is 0 Å². The molecule has 0 nitrogen and oxygen atoms in total. The Kier molecular flexibility index (Phi) is 19.8. The second kappa shape index (κ2) is 20.0. The lowest BCUT2D eigenvalue weighted by atomic mass is 9.87. The smallest absolute Gasteiger partial charge is 0.0294 e. The van der Waals surface area contributed by atoms with Crippen LogP contribution in [-0.2, 0) is 0 Å². The zero-order valence-electron chi connectivity index (χ0n) is 20.7. The molecule has 168 valence electrons. The van der Waals surface area contributed by atoms with Gasteiger partial charge in [0.15, 0.2) is 0 Å². The minimum Gasteiger partial charge on any atom is -0.0999 e. The van der Waals surface area contributed by atoms with Gasteiger partial charge in [-0.1, -0.05) is 143 Å². The summed E-state index contributed by atoms with van der Waals surface area (Å²) in [6.45, 7) is 16.2.